The van der Waals surface area contributed by atoms with Gasteiger partial charge in [0.25, 0.3) is 5.91 Å². The summed E-state index contributed by atoms with van der Waals surface area (Å²) in [7, 11) is 0. The number of amides is 3. The quantitative estimate of drug-likeness (QED) is 0.227. The number of ether oxygens (including phenoxy) is 1. The van der Waals surface area contributed by atoms with Gasteiger partial charge in [-0.1, -0.05) is 88.4 Å². The molecular formula is C34H50ClN3O4. The summed E-state index contributed by atoms with van der Waals surface area (Å²) >= 11 is 6.49. The van der Waals surface area contributed by atoms with E-state index in [-0.39, 0.29) is 17.7 Å². The van der Waals surface area contributed by atoms with Crippen molar-refractivity contribution >= 4 is 35.2 Å². The van der Waals surface area contributed by atoms with Crippen molar-refractivity contribution in [2.45, 2.75) is 112 Å². The van der Waals surface area contributed by atoms with E-state index < -0.39 is 23.8 Å². The second kappa shape index (κ2) is 16.0. The standard InChI is InChI=1S/C34H50ClN3O4/c1-10-12-13-14-20-38(32(40)29(22(3)11-2)37-33(41)42-34(7,8)9)30(26-19-18-23(4)25(6)21-26)31(39)36-28-24(5)16-15-17-27(28)35/h15-19,21-22,29-30H,10-14,20H2,1-9H3,(H,36,39)(H,37,41). The summed E-state index contributed by atoms with van der Waals surface area (Å²) in [5.41, 5.74) is 3.42. The van der Waals surface area contributed by atoms with Crippen molar-refractivity contribution in [1.29, 1.82) is 0 Å². The number of benzene rings is 2. The summed E-state index contributed by atoms with van der Waals surface area (Å²) in [4.78, 5) is 43.3. The molecule has 0 spiro atoms. The number of para-hydroxylation sites is 1. The highest BCUT2D eigenvalue weighted by molar-refractivity contribution is 6.34. The highest BCUT2D eigenvalue weighted by atomic mass is 35.5. The molecule has 7 nitrogen and oxygen atoms in total. The van der Waals surface area contributed by atoms with Gasteiger partial charge < -0.3 is 20.3 Å². The number of anilines is 1. The van der Waals surface area contributed by atoms with Crippen molar-refractivity contribution in [3.63, 3.8) is 0 Å². The lowest BCUT2D eigenvalue weighted by atomic mass is 9.94. The molecule has 3 atom stereocenters. The Morgan fingerprint density at radius 3 is 2.21 bits per heavy atom. The molecule has 0 aliphatic carbocycles. The van der Waals surface area contributed by atoms with Gasteiger partial charge in [0, 0.05) is 6.54 Å². The molecule has 2 aromatic carbocycles. The van der Waals surface area contributed by atoms with Crippen LogP contribution in [-0.4, -0.2) is 41.0 Å². The Balaban J connectivity index is 2.64. The molecule has 0 radical (unpaired) electrons. The van der Waals surface area contributed by atoms with Gasteiger partial charge in [-0.3, -0.25) is 9.59 Å². The molecule has 8 heteroatoms. The second-order valence-electron chi connectivity index (χ2n) is 12.3. The van der Waals surface area contributed by atoms with Crippen molar-refractivity contribution in [2.75, 3.05) is 11.9 Å². The summed E-state index contributed by atoms with van der Waals surface area (Å²) in [6.07, 6.45) is 3.68. The minimum absolute atomic E-state index is 0.197. The van der Waals surface area contributed by atoms with Crippen LogP contribution in [0.25, 0.3) is 0 Å². The van der Waals surface area contributed by atoms with Crippen molar-refractivity contribution in [2.24, 2.45) is 5.92 Å². The van der Waals surface area contributed by atoms with Crippen LogP contribution in [0.1, 0.15) is 102 Å². The minimum Gasteiger partial charge on any atom is -0.444 e. The average molecular weight is 600 g/mol. The van der Waals surface area contributed by atoms with Gasteiger partial charge in [0.2, 0.25) is 5.91 Å². The molecule has 0 aromatic heterocycles. The molecule has 3 unspecified atom stereocenters. The van der Waals surface area contributed by atoms with Gasteiger partial charge in [0.05, 0.1) is 10.7 Å². The Kier molecular flexibility index (Phi) is 13.4. The topological polar surface area (TPSA) is 87.7 Å². The fraction of sp³-hybridized carbons (Fsp3) is 0.559. The second-order valence-corrected chi connectivity index (χ2v) is 12.7. The number of alkyl carbamates (subject to hydrolysis) is 1. The van der Waals surface area contributed by atoms with Gasteiger partial charge in [-0.15, -0.1) is 0 Å². The van der Waals surface area contributed by atoms with E-state index in [1.165, 1.54) is 0 Å². The van der Waals surface area contributed by atoms with Gasteiger partial charge in [0.15, 0.2) is 0 Å². The molecule has 0 fully saturated rings. The first-order valence-electron chi connectivity index (χ1n) is 15.1. The van der Waals surface area contributed by atoms with Crippen molar-refractivity contribution in [3.05, 3.63) is 63.7 Å². The molecule has 232 valence electrons. The van der Waals surface area contributed by atoms with Crippen LogP contribution in [0.5, 0.6) is 0 Å². The van der Waals surface area contributed by atoms with E-state index in [0.29, 0.717) is 29.2 Å². The maximum atomic E-state index is 14.5. The third-order valence-electron chi connectivity index (χ3n) is 7.56. The predicted molar refractivity (Wildman–Crippen MR) is 172 cm³/mol. The van der Waals surface area contributed by atoms with Gasteiger partial charge in [-0.2, -0.15) is 0 Å². The molecule has 2 rings (SSSR count). The molecule has 0 aliphatic heterocycles. The number of carbonyl (C=O) groups is 3. The zero-order valence-electron chi connectivity index (χ0n) is 26.9. The van der Waals surface area contributed by atoms with Crippen LogP contribution in [0, 0.1) is 26.7 Å². The van der Waals surface area contributed by atoms with E-state index in [1.807, 2.05) is 65.0 Å². The van der Waals surface area contributed by atoms with E-state index in [0.717, 1.165) is 42.4 Å². The van der Waals surface area contributed by atoms with Crippen LogP contribution in [0.3, 0.4) is 0 Å². The predicted octanol–water partition coefficient (Wildman–Crippen LogP) is 8.29. The Labute approximate surface area is 257 Å². The molecule has 2 aromatic rings. The Hall–Kier alpha value is -3.06. The number of nitrogens with one attached hydrogen (secondary N) is 2. The van der Waals surface area contributed by atoms with E-state index in [2.05, 4.69) is 17.6 Å². The van der Waals surface area contributed by atoms with Crippen LogP contribution in [0.4, 0.5) is 10.5 Å². The first-order chi connectivity index (χ1) is 19.7. The summed E-state index contributed by atoms with van der Waals surface area (Å²) in [5.74, 6) is -0.878. The summed E-state index contributed by atoms with van der Waals surface area (Å²) in [5, 5.41) is 6.28. The summed E-state index contributed by atoms with van der Waals surface area (Å²) in [6.45, 7) is 17.6. The van der Waals surface area contributed by atoms with E-state index in [9.17, 15) is 14.4 Å². The largest absolute Gasteiger partial charge is 0.444 e. The van der Waals surface area contributed by atoms with Crippen molar-refractivity contribution < 1.29 is 19.1 Å². The lowest BCUT2D eigenvalue weighted by molar-refractivity contribution is -0.142. The maximum absolute atomic E-state index is 14.5. The number of hydrogen-bond acceptors (Lipinski definition) is 4. The zero-order chi connectivity index (χ0) is 31.6. The molecule has 0 bridgehead atoms. The number of nitrogens with zero attached hydrogens (tertiary/aromatic N) is 1. The van der Waals surface area contributed by atoms with Crippen LogP contribution >= 0.6 is 11.6 Å². The molecular weight excluding hydrogens is 550 g/mol. The lowest BCUT2D eigenvalue weighted by Gasteiger charge is -2.36. The summed E-state index contributed by atoms with van der Waals surface area (Å²) < 4.78 is 5.52. The number of aryl methyl sites for hydroxylation is 3. The normalized spacial score (nSPS) is 13.6. The molecule has 42 heavy (non-hydrogen) atoms. The number of unbranched alkanes of at least 4 members (excludes halogenated alkanes) is 3. The van der Waals surface area contributed by atoms with Gasteiger partial charge >= 0.3 is 6.09 Å². The molecule has 0 saturated heterocycles. The number of carbonyl (C=O) groups excluding carboxylic acids is 3. The minimum atomic E-state index is -0.943. The first kappa shape index (κ1) is 35.1. The molecule has 2 N–H and O–H groups in total. The van der Waals surface area contributed by atoms with Gasteiger partial charge in [0.1, 0.15) is 17.7 Å². The lowest BCUT2D eigenvalue weighted by Crippen LogP contribution is -2.55. The van der Waals surface area contributed by atoms with E-state index in [1.54, 1.807) is 31.7 Å². The Bertz CT molecular complexity index is 1200. The smallest absolute Gasteiger partial charge is 0.408 e. The fourth-order valence-electron chi connectivity index (χ4n) is 4.76. The van der Waals surface area contributed by atoms with Crippen molar-refractivity contribution in [1.82, 2.24) is 10.2 Å². The average Bonchev–Trinajstić information content (AvgIpc) is 2.91. The number of rotatable bonds is 13. The highest BCUT2D eigenvalue weighted by Gasteiger charge is 2.38. The first-order valence-corrected chi connectivity index (χ1v) is 15.5. The van der Waals surface area contributed by atoms with E-state index >= 15 is 0 Å². The van der Waals surface area contributed by atoms with Crippen LogP contribution in [-0.2, 0) is 14.3 Å². The molecule has 3 amide bonds. The molecule has 0 aliphatic rings. The molecule has 0 saturated carbocycles. The number of halogens is 1. The van der Waals surface area contributed by atoms with Crippen LogP contribution < -0.4 is 10.6 Å². The third-order valence-corrected chi connectivity index (χ3v) is 7.88. The van der Waals surface area contributed by atoms with Crippen LogP contribution in [0.15, 0.2) is 36.4 Å². The van der Waals surface area contributed by atoms with Crippen LogP contribution in [0.2, 0.25) is 5.02 Å². The highest BCUT2D eigenvalue weighted by Crippen LogP contribution is 2.31. The fourth-order valence-corrected chi connectivity index (χ4v) is 5.03. The Morgan fingerprint density at radius 1 is 0.952 bits per heavy atom. The Morgan fingerprint density at radius 2 is 1.64 bits per heavy atom. The molecule has 0 heterocycles. The monoisotopic (exact) mass is 599 g/mol. The van der Waals surface area contributed by atoms with Crippen molar-refractivity contribution in [3.8, 4) is 0 Å². The van der Waals surface area contributed by atoms with Gasteiger partial charge in [-0.25, -0.2) is 4.79 Å². The third kappa shape index (κ3) is 10.0. The number of hydrogen-bond donors (Lipinski definition) is 2. The van der Waals surface area contributed by atoms with Gasteiger partial charge in [-0.05, 0) is 82.2 Å². The summed E-state index contributed by atoms with van der Waals surface area (Å²) in [6, 6.07) is 9.45. The SMILES string of the molecule is CCCCCCN(C(=O)C(NC(=O)OC(C)(C)C)C(C)CC)C(C(=O)Nc1c(C)cccc1Cl)c1ccc(C)c(C)c1. The van der Waals surface area contributed by atoms with E-state index in [4.69, 9.17) is 16.3 Å². The maximum Gasteiger partial charge on any atom is 0.408 e. The zero-order valence-corrected chi connectivity index (χ0v) is 27.7.